The van der Waals surface area contributed by atoms with Gasteiger partial charge in [-0.1, -0.05) is 18.9 Å². The van der Waals surface area contributed by atoms with Gasteiger partial charge in [0, 0.05) is 67.0 Å². The van der Waals surface area contributed by atoms with Crippen LogP contribution in [0.5, 0.6) is 17.2 Å². The Labute approximate surface area is 339 Å². The third-order valence-electron chi connectivity index (χ3n) is 13.6. The molecule has 0 amide bonds. The van der Waals surface area contributed by atoms with E-state index < -0.39 is 0 Å². The molecule has 2 saturated carbocycles. The fourth-order valence-corrected chi connectivity index (χ4v) is 9.85. The number of nitrogens with zero attached hydrogens (tertiary/aromatic N) is 4. The van der Waals surface area contributed by atoms with E-state index in [1.807, 2.05) is 12.4 Å². The van der Waals surface area contributed by atoms with E-state index in [0.717, 1.165) is 78.8 Å². The molecule has 0 atom stereocenters. The van der Waals surface area contributed by atoms with Crippen molar-refractivity contribution < 1.29 is 14.2 Å². The van der Waals surface area contributed by atoms with Crippen LogP contribution in [0.15, 0.2) is 79.1 Å². The summed E-state index contributed by atoms with van der Waals surface area (Å²) in [6, 6.07) is 25.6. The van der Waals surface area contributed by atoms with E-state index in [1.54, 1.807) is 21.3 Å². The summed E-state index contributed by atoms with van der Waals surface area (Å²) in [4.78, 5) is 15.1. The number of fused-ring (bicyclic) bond motifs is 1. The highest BCUT2D eigenvalue weighted by atomic mass is 16.5. The molecule has 7 heteroatoms. The number of aryl methyl sites for hydroxylation is 2. The molecule has 7 nitrogen and oxygen atoms in total. The minimum absolute atomic E-state index is 0.446. The predicted molar refractivity (Wildman–Crippen MR) is 230 cm³/mol. The van der Waals surface area contributed by atoms with Gasteiger partial charge in [-0.15, -0.1) is 0 Å². The lowest BCUT2D eigenvalue weighted by atomic mass is 9.77. The molecule has 4 aliphatic rings. The Bertz CT molecular complexity index is 2220. The largest absolute Gasteiger partial charge is 0.496 e. The third kappa shape index (κ3) is 7.75. The molecule has 9 rings (SSSR count). The Morgan fingerprint density at radius 2 is 1.26 bits per heavy atom. The van der Waals surface area contributed by atoms with E-state index >= 15 is 0 Å². The van der Waals surface area contributed by atoms with Crippen LogP contribution in [0.3, 0.4) is 0 Å². The normalized spacial score (nSPS) is 17.5. The Morgan fingerprint density at radius 1 is 0.632 bits per heavy atom. The van der Waals surface area contributed by atoms with Crippen molar-refractivity contribution in [1.82, 2.24) is 14.9 Å². The fourth-order valence-electron chi connectivity index (χ4n) is 9.85. The number of rotatable bonds is 13. The molecule has 5 aromatic rings. The number of methoxy groups -OCH3 is 3. The zero-order valence-electron chi connectivity index (χ0n) is 34.4. The van der Waals surface area contributed by atoms with Crippen molar-refractivity contribution in [2.75, 3.05) is 39.3 Å². The van der Waals surface area contributed by atoms with Gasteiger partial charge in [-0.3, -0.25) is 14.9 Å². The monoisotopic (exact) mass is 762 g/mol. The molecule has 1 saturated heterocycles. The van der Waals surface area contributed by atoms with Crippen LogP contribution in [-0.4, -0.2) is 55.3 Å². The number of pyridine rings is 2. The van der Waals surface area contributed by atoms with Crippen LogP contribution in [0, 0.1) is 6.92 Å². The predicted octanol–water partition coefficient (Wildman–Crippen LogP) is 10.8. The van der Waals surface area contributed by atoms with Crippen molar-refractivity contribution in [2.45, 2.75) is 109 Å². The average Bonchev–Trinajstić information content (AvgIpc) is 3.68. The van der Waals surface area contributed by atoms with E-state index in [1.165, 1.54) is 102 Å². The molecule has 0 N–H and O–H groups in total. The lowest BCUT2D eigenvalue weighted by Crippen LogP contribution is -2.44. The van der Waals surface area contributed by atoms with Gasteiger partial charge in [-0.2, -0.15) is 0 Å². The Morgan fingerprint density at radius 3 is 1.93 bits per heavy atom. The highest BCUT2D eigenvalue weighted by Crippen LogP contribution is 2.47. The number of hydrogen-bond acceptors (Lipinski definition) is 7. The molecule has 3 aromatic carbocycles. The van der Waals surface area contributed by atoms with E-state index in [2.05, 4.69) is 83.5 Å². The first kappa shape index (κ1) is 37.7. The van der Waals surface area contributed by atoms with E-state index in [4.69, 9.17) is 24.2 Å². The summed E-state index contributed by atoms with van der Waals surface area (Å²) in [5.74, 6) is 3.78. The van der Waals surface area contributed by atoms with Crippen LogP contribution in [-0.2, 0) is 25.9 Å². The summed E-state index contributed by atoms with van der Waals surface area (Å²) < 4.78 is 17.6. The molecular weight excluding hydrogens is 705 g/mol. The number of hydrogen-bond donors (Lipinski definition) is 0. The third-order valence-corrected chi connectivity index (χ3v) is 13.6. The van der Waals surface area contributed by atoms with Gasteiger partial charge in [0.25, 0.3) is 0 Å². The van der Waals surface area contributed by atoms with E-state index in [-0.39, 0.29) is 0 Å². The van der Waals surface area contributed by atoms with E-state index in [0.29, 0.717) is 17.9 Å². The molecule has 0 spiro atoms. The first-order valence-electron chi connectivity index (χ1n) is 21.4. The van der Waals surface area contributed by atoms with Crippen LogP contribution in [0.2, 0.25) is 0 Å². The zero-order valence-corrected chi connectivity index (χ0v) is 34.4. The van der Waals surface area contributed by atoms with Crippen LogP contribution in [0.1, 0.15) is 109 Å². The maximum atomic E-state index is 5.87. The SMILES string of the molecule is COc1cc(-c2cc(CN3CCC(N(Cc4ccnc(-c5cc(OC)c(OC)c(C6CCC6)c5)c4)c4ccc5c(c4)CCC5)CC3)ccn2)cc(C2CCC2)c1C. The second-order valence-corrected chi connectivity index (χ2v) is 17.0. The molecule has 0 radical (unpaired) electrons. The molecule has 2 aromatic heterocycles. The van der Waals surface area contributed by atoms with Crippen molar-refractivity contribution >= 4 is 5.69 Å². The van der Waals surface area contributed by atoms with Gasteiger partial charge in [0.05, 0.1) is 32.7 Å². The number of benzene rings is 3. The maximum absolute atomic E-state index is 5.87. The molecule has 0 unspecified atom stereocenters. The number of aromatic nitrogens is 2. The van der Waals surface area contributed by atoms with Gasteiger partial charge in [0.2, 0.25) is 0 Å². The molecule has 57 heavy (non-hydrogen) atoms. The summed E-state index contributed by atoms with van der Waals surface area (Å²) >= 11 is 0. The van der Waals surface area contributed by atoms with Crippen LogP contribution < -0.4 is 19.1 Å². The molecule has 3 aliphatic carbocycles. The summed E-state index contributed by atoms with van der Waals surface area (Å²) in [5.41, 5.74) is 15.2. The molecule has 296 valence electrons. The van der Waals surface area contributed by atoms with Crippen molar-refractivity contribution in [1.29, 1.82) is 0 Å². The van der Waals surface area contributed by atoms with Gasteiger partial charge >= 0.3 is 0 Å². The number of ether oxygens (including phenoxy) is 3. The van der Waals surface area contributed by atoms with Crippen LogP contribution >= 0.6 is 0 Å². The Kier molecular flexibility index (Phi) is 10.9. The first-order chi connectivity index (χ1) is 28.0. The summed E-state index contributed by atoms with van der Waals surface area (Å²) in [6.45, 7) is 6.10. The van der Waals surface area contributed by atoms with Gasteiger partial charge in [0.15, 0.2) is 11.5 Å². The second kappa shape index (κ2) is 16.5. The van der Waals surface area contributed by atoms with E-state index in [9.17, 15) is 0 Å². The highest BCUT2D eigenvalue weighted by Gasteiger charge is 2.29. The van der Waals surface area contributed by atoms with Crippen molar-refractivity contribution in [2.24, 2.45) is 0 Å². The Balaban J connectivity index is 0.935. The molecule has 1 aliphatic heterocycles. The van der Waals surface area contributed by atoms with Gasteiger partial charge in [-0.05, 0) is 171 Å². The highest BCUT2D eigenvalue weighted by molar-refractivity contribution is 5.68. The van der Waals surface area contributed by atoms with Crippen molar-refractivity contribution in [3.05, 3.63) is 118 Å². The quantitative estimate of drug-likeness (QED) is 0.118. The first-order valence-corrected chi connectivity index (χ1v) is 21.4. The summed E-state index contributed by atoms with van der Waals surface area (Å²) in [6.07, 6.45) is 17.4. The summed E-state index contributed by atoms with van der Waals surface area (Å²) in [5, 5.41) is 0. The van der Waals surface area contributed by atoms with Crippen LogP contribution in [0.25, 0.3) is 22.5 Å². The number of piperidine rings is 1. The lowest BCUT2D eigenvalue weighted by Gasteiger charge is -2.40. The Hall–Kier alpha value is -4.88. The standard InChI is InChI=1S/C50H58N4O3/c1-33-44(37-9-6-10-37)27-40(29-48(33)55-2)46-24-34(16-20-51-46)31-53-22-18-42(19-23-53)54(43-15-14-36-8-5-13-39(36)26-43)32-35-17-21-52-47(25-35)41-28-45(38-11-7-12-38)50(57-4)49(30-41)56-3/h14-17,20-21,24-30,37-38,42H,5-13,18-19,22-23,31-32H2,1-4H3. The van der Waals surface area contributed by atoms with Gasteiger partial charge in [0.1, 0.15) is 5.75 Å². The maximum Gasteiger partial charge on any atom is 0.164 e. The number of likely N-dealkylation sites (tertiary alicyclic amines) is 1. The minimum atomic E-state index is 0.446. The molecule has 3 fully saturated rings. The van der Waals surface area contributed by atoms with Crippen molar-refractivity contribution in [3.63, 3.8) is 0 Å². The topological polar surface area (TPSA) is 60.0 Å². The van der Waals surface area contributed by atoms with Gasteiger partial charge in [-0.25, -0.2) is 0 Å². The second-order valence-electron chi connectivity index (χ2n) is 17.0. The smallest absolute Gasteiger partial charge is 0.164 e. The van der Waals surface area contributed by atoms with Gasteiger partial charge < -0.3 is 19.1 Å². The summed E-state index contributed by atoms with van der Waals surface area (Å²) in [7, 11) is 5.27. The zero-order chi connectivity index (χ0) is 38.9. The van der Waals surface area contributed by atoms with Crippen LogP contribution in [0.4, 0.5) is 5.69 Å². The number of anilines is 1. The molecular formula is C50H58N4O3. The minimum Gasteiger partial charge on any atom is -0.496 e. The average molecular weight is 763 g/mol. The molecule has 3 heterocycles. The fraction of sp³-hybridized carbons (Fsp3) is 0.440. The lowest BCUT2D eigenvalue weighted by molar-refractivity contribution is 0.201. The molecule has 0 bridgehead atoms. The van der Waals surface area contributed by atoms with Crippen molar-refractivity contribution in [3.8, 4) is 39.8 Å².